The third-order valence-electron chi connectivity index (χ3n) is 4.24. The van der Waals surface area contributed by atoms with Crippen LogP contribution >= 0.6 is 0 Å². The van der Waals surface area contributed by atoms with Crippen LogP contribution in [0.1, 0.15) is 18.9 Å². The maximum absolute atomic E-state index is 12.0. The lowest BCUT2D eigenvalue weighted by molar-refractivity contribution is -0.121. The average Bonchev–Trinajstić information content (AvgIpc) is 2.56. The molecule has 0 aromatic heterocycles. The van der Waals surface area contributed by atoms with Crippen molar-refractivity contribution < 1.29 is 9.53 Å². The van der Waals surface area contributed by atoms with Crippen molar-refractivity contribution in [2.24, 2.45) is 0 Å². The number of nitrogens with one attached hydrogen (secondary N) is 1. The van der Waals surface area contributed by atoms with Crippen LogP contribution in [0.15, 0.2) is 24.3 Å². The van der Waals surface area contributed by atoms with E-state index in [-0.39, 0.29) is 5.91 Å². The topological polar surface area (TPSA) is 44.8 Å². The lowest BCUT2D eigenvalue weighted by Gasteiger charge is -2.32. The number of hydrogen-bond donors (Lipinski definition) is 1. The van der Waals surface area contributed by atoms with Gasteiger partial charge in [-0.2, -0.15) is 0 Å². The molecule has 1 saturated heterocycles. The summed E-state index contributed by atoms with van der Waals surface area (Å²) in [5, 5.41) is 3.03. The van der Waals surface area contributed by atoms with E-state index in [1.54, 1.807) is 0 Å². The Morgan fingerprint density at radius 3 is 2.70 bits per heavy atom. The predicted molar refractivity (Wildman–Crippen MR) is 92.9 cm³/mol. The number of ether oxygens (including phenoxy) is 1. The molecule has 0 atom stereocenters. The van der Waals surface area contributed by atoms with Crippen molar-refractivity contribution in [3.05, 3.63) is 29.8 Å². The molecule has 1 fully saturated rings. The quantitative estimate of drug-likeness (QED) is 0.786. The largest absolute Gasteiger partial charge is 0.494 e. The number of carbonyl (C=O) groups is 1. The number of piperazine rings is 1. The summed E-state index contributed by atoms with van der Waals surface area (Å²) in [6.07, 6.45) is 1.23. The molecular weight excluding hydrogens is 290 g/mol. The smallest absolute Gasteiger partial charge is 0.220 e. The van der Waals surface area contributed by atoms with Crippen molar-refractivity contribution in [2.45, 2.75) is 19.8 Å². The molecule has 1 heterocycles. The van der Waals surface area contributed by atoms with Gasteiger partial charge in [-0.3, -0.25) is 9.69 Å². The highest BCUT2D eigenvalue weighted by molar-refractivity contribution is 5.76. The first kappa shape index (κ1) is 17.8. The highest BCUT2D eigenvalue weighted by atomic mass is 16.5. The Labute approximate surface area is 139 Å². The summed E-state index contributed by atoms with van der Waals surface area (Å²) < 4.78 is 5.60. The molecule has 1 amide bonds. The fourth-order valence-electron chi connectivity index (χ4n) is 2.77. The number of amides is 1. The molecule has 0 spiro atoms. The van der Waals surface area contributed by atoms with Crippen molar-refractivity contribution in [3.63, 3.8) is 0 Å². The number of hydrogen-bond acceptors (Lipinski definition) is 4. The zero-order valence-electron chi connectivity index (χ0n) is 14.4. The summed E-state index contributed by atoms with van der Waals surface area (Å²) in [7, 11) is 2.15. The third-order valence-corrected chi connectivity index (χ3v) is 4.24. The molecule has 0 aliphatic carbocycles. The number of benzene rings is 1. The van der Waals surface area contributed by atoms with Crippen molar-refractivity contribution in [3.8, 4) is 5.75 Å². The van der Waals surface area contributed by atoms with E-state index in [1.165, 1.54) is 0 Å². The SMILES string of the molecule is CCOc1ccccc1CCC(=O)NCCN1CCN(C)CC1. The van der Waals surface area contributed by atoms with Crippen molar-refractivity contribution in [2.75, 3.05) is 52.9 Å². The number of rotatable bonds is 8. The molecule has 1 aliphatic heterocycles. The molecule has 0 unspecified atom stereocenters. The van der Waals surface area contributed by atoms with E-state index in [4.69, 9.17) is 4.74 Å². The summed E-state index contributed by atoms with van der Waals surface area (Å²) in [4.78, 5) is 16.7. The summed E-state index contributed by atoms with van der Waals surface area (Å²) in [5.74, 6) is 1.01. The summed E-state index contributed by atoms with van der Waals surface area (Å²) in [6.45, 7) is 8.70. The van der Waals surface area contributed by atoms with E-state index in [9.17, 15) is 4.79 Å². The van der Waals surface area contributed by atoms with Gasteiger partial charge in [0.15, 0.2) is 0 Å². The second-order valence-corrected chi connectivity index (χ2v) is 6.04. The van der Waals surface area contributed by atoms with Gasteiger partial charge in [-0.1, -0.05) is 18.2 Å². The van der Waals surface area contributed by atoms with Gasteiger partial charge in [-0.05, 0) is 32.0 Å². The first-order valence-electron chi connectivity index (χ1n) is 8.57. The Hall–Kier alpha value is -1.59. The van der Waals surface area contributed by atoms with E-state index in [2.05, 4.69) is 22.2 Å². The van der Waals surface area contributed by atoms with Crippen LogP contribution in [0.4, 0.5) is 0 Å². The molecular formula is C18H29N3O2. The van der Waals surface area contributed by atoms with Crippen LogP contribution in [0.5, 0.6) is 5.75 Å². The number of aryl methyl sites for hydroxylation is 1. The van der Waals surface area contributed by atoms with Crippen LogP contribution in [0.25, 0.3) is 0 Å². The zero-order valence-corrected chi connectivity index (χ0v) is 14.4. The van der Waals surface area contributed by atoms with Crippen molar-refractivity contribution >= 4 is 5.91 Å². The van der Waals surface area contributed by atoms with Crippen LogP contribution in [0.3, 0.4) is 0 Å². The highest BCUT2D eigenvalue weighted by Gasteiger charge is 2.13. The van der Waals surface area contributed by atoms with Gasteiger partial charge in [0.2, 0.25) is 5.91 Å². The van der Waals surface area contributed by atoms with Gasteiger partial charge in [0, 0.05) is 45.7 Å². The van der Waals surface area contributed by atoms with Crippen molar-refractivity contribution in [1.82, 2.24) is 15.1 Å². The molecule has 23 heavy (non-hydrogen) atoms. The standard InChI is InChI=1S/C18H29N3O2/c1-3-23-17-7-5-4-6-16(17)8-9-18(22)19-10-11-21-14-12-20(2)13-15-21/h4-7H,3,8-15H2,1-2H3,(H,19,22). The second kappa shape index (κ2) is 9.53. The number of nitrogens with zero attached hydrogens (tertiary/aromatic N) is 2. The summed E-state index contributed by atoms with van der Waals surface area (Å²) >= 11 is 0. The van der Waals surface area contributed by atoms with Crippen LogP contribution < -0.4 is 10.1 Å². The van der Waals surface area contributed by atoms with Crippen LogP contribution in [0, 0.1) is 0 Å². The summed E-state index contributed by atoms with van der Waals surface area (Å²) in [5.41, 5.74) is 1.10. The zero-order chi connectivity index (χ0) is 16.5. The van der Waals surface area contributed by atoms with Crippen molar-refractivity contribution in [1.29, 1.82) is 0 Å². The maximum Gasteiger partial charge on any atom is 0.220 e. The van der Waals surface area contributed by atoms with E-state index < -0.39 is 0 Å². The first-order chi connectivity index (χ1) is 11.2. The number of para-hydroxylation sites is 1. The van der Waals surface area contributed by atoms with E-state index in [0.717, 1.165) is 57.0 Å². The molecule has 0 radical (unpaired) electrons. The van der Waals surface area contributed by atoms with Gasteiger partial charge in [-0.25, -0.2) is 0 Å². The minimum atomic E-state index is 0.116. The first-order valence-corrected chi connectivity index (χ1v) is 8.57. The summed E-state index contributed by atoms with van der Waals surface area (Å²) in [6, 6.07) is 7.94. The maximum atomic E-state index is 12.0. The molecule has 0 bridgehead atoms. The molecule has 0 saturated carbocycles. The molecule has 1 aliphatic rings. The van der Waals surface area contributed by atoms with Crippen LogP contribution in [-0.2, 0) is 11.2 Å². The lowest BCUT2D eigenvalue weighted by atomic mass is 10.1. The van der Waals surface area contributed by atoms with E-state index in [1.807, 2.05) is 31.2 Å². The molecule has 1 aromatic rings. The molecule has 5 nitrogen and oxygen atoms in total. The average molecular weight is 319 g/mol. The normalized spacial score (nSPS) is 16.3. The Morgan fingerprint density at radius 2 is 1.96 bits per heavy atom. The Morgan fingerprint density at radius 1 is 1.22 bits per heavy atom. The number of carbonyl (C=O) groups excluding carboxylic acids is 1. The van der Waals surface area contributed by atoms with Gasteiger partial charge in [0.1, 0.15) is 5.75 Å². The Kier molecular flexibility index (Phi) is 7.36. The fraction of sp³-hybridized carbons (Fsp3) is 0.611. The highest BCUT2D eigenvalue weighted by Crippen LogP contribution is 2.19. The minimum Gasteiger partial charge on any atom is -0.494 e. The second-order valence-electron chi connectivity index (χ2n) is 6.04. The monoisotopic (exact) mass is 319 g/mol. The molecule has 2 rings (SSSR count). The Bertz CT molecular complexity index is 485. The fourth-order valence-corrected chi connectivity index (χ4v) is 2.77. The van der Waals surface area contributed by atoms with Gasteiger partial charge >= 0.3 is 0 Å². The van der Waals surface area contributed by atoms with Gasteiger partial charge < -0.3 is 15.0 Å². The van der Waals surface area contributed by atoms with Gasteiger partial charge in [-0.15, -0.1) is 0 Å². The van der Waals surface area contributed by atoms with Gasteiger partial charge in [0.05, 0.1) is 6.61 Å². The van der Waals surface area contributed by atoms with Gasteiger partial charge in [0.25, 0.3) is 0 Å². The number of likely N-dealkylation sites (N-methyl/N-ethyl adjacent to an activating group) is 1. The Balaban J connectivity index is 1.65. The third kappa shape index (κ3) is 6.20. The predicted octanol–water partition coefficient (Wildman–Crippen LogP) is 1.38. The minimum absolute atomic E-state index is 0.116. The van der Waals surface area contributed by atoms with Crippen LogP contribution in [0.2, 0.25) is 0 Å². The molecule has 5 heteroatoms. The van der Waals surface area contributed by atoms with Crippen LogP contribution in [-0.4, -0.2) is 68.6 Å². The van der Waals surface area contributed by atoms with E-state index in [0.29, 0.717) is 13.0 Å². The molecule has 1 aromatic carbocycles. The van der Waals surface area contributed by atoms with E-state index >= 15 is 0 Å². The molecule has 1 N–H and O–H groups in total. The lowest BCUT2D eigenvalue weighted by Crippen LogP contribution is -2.46. The molecule has 128 valence electrons.